The Morgan fingerprint density at radius 3 is 2.21 bits per heavy atom. The predicted molar refractivity (Wildman–Crippen MR) is 88.3 cm³/mol. The zero-order valence-electron chi connectivity index (χ0n) is 13.1. The van der Waals surface area contributed by atoms with Gasteiger partial charge in [-0.3, -0.25) is 4.79 Å². The van der Waals surface area contributed by atoms with E-state index in [0.29, 0.717) is 16.8 Å². The maximum atomic E-state index is 12.3. The van der Waals surface area contributed by atoms with Crippen molar-refractivity contribution < 1.29 is 22.7 Å². The van der Waals surface area contributed by atoms with E-state index < -0.39 is 21.9 Å². The lowest BCUT2D eigenvalue weighted by atomic mass is 10.1. The molecule has 126 valence electrons. The van der Waals surface area contributed by atoms with E-state index in [2.05, 4.69) is 10.1 Å². The van der Waals surface area contributed by atoms with Gasteiger partial charge in [0.2, 0.25) is 10.0 Å². The van der Waals surface area contributed by atoms with E-state index >= 15 is 0 Å². The van der Waals surface area contributed by atoms with Crippen LogP contribution in [0.1, 0.15) is 26.3 Å². The van der Waals surface area contributed by atoms with Gasteiger partial charge in [-0.1, -0.05) is 0 Å². The Morgan fingerprint density at radius 2 is 1.67 bits per heavy atom. The number of esters is 1. The van der Waals surface area contributed by atoms with Gasteiger partial charge < -0.3 is 10.1 Å². The number of nitrogens with two attached hydrogens (primary N) is 1. The lowest BCUT2D eigenvalue weighted by Crippen LogP contribution is -2.16. The fraction of sp³-hybridized carbons (Fsp3) is 0.125. The van der Waals surface area contributed by atoms with Gasteiger partial charge in [-0.2, -0.15) is 0 Å². The summed E-state index contributed by atoms with van der Waals surface area (Å²) >= 11 is 0. The number of hydrogen-bond acceptors (Lipinski definition) is 5. The maximum absolute atomic E-state index is 12.3. The number of methoxy groups -OCH3 is 1. The second kappa shape index (κ2) is 6.81. The summed E-state index contributed by atoms with van der Waals surface area (Å²) in [5, 5.41) is 7.72. The molecule has 1 amide bonds. The predicted octanol–water partition coefficient (Wildman–Crippen LogP) is 1.68. The first-order valence-electron chi connectivity index (χ1n) is 6.85. The molecule has 2 aromatic rings. The Hall–Kier alpha value is -2.71. The topological polar surface area (TPSA) is 116 Å². The summed E-state index contributed by atoms with van der Waals surface area (Å²) < 4.78 is 27.5. The van der Waals surface area contributed by atoms with Crippen molar-refractivity contribution in [2.45, 2.75) is 11.8 Å². The summed E-state index contributed by atoms with van der Waals surface area (Å²) in [6.45, 7) is 1.66. The molecule has 0 saturated carbocycles. The fourth-order valence-corrected chi connectivity index (χ4v) is 2.70. The average molecular weight is 348 g/mol. The molecule has 0 atom stereocenters. The van der Waals surface area contributed by atoms with Crippen LogP contribution in [-0.4, -0.2) is 27.4 Å². The number of benzene rings is 2. The molecule has 8 heteroatoms. The number of sulfonamides is 1. The molecule has 0 heterocycles. The van der Waals surface area contributed by atoms with Crippen molar-refractivity contribution in [1.82, 2.24) is 0 Å². The van der Waals surface area contributed by atoms with Crippen LogP contribution in [0.3, 0.4) is 0 Å². The van der Waals surface area contributed by atoms with E-state index in [-0.39, 0.29) is 10.5 Å². The Morgan fingerprint density at radius 1 is 1.04 bits per heavy atom. The van der Waals surface area contributed by atoms with E-state index in [1.165, 1.54) is 31.4 Å². The van der Waals surface area contributed by atoms with Crippen LogP contribution in [0.5, 0.6) is 0 Å². The fourth-order valence-electron chi connectivity index (χ4n) is 2.05. The number of carbonyl (C=O) groups excluding carboxylic acids is 2. The molecule has 0 spiro atoms. The molecule has 24 heavy (non-hydrogen) atoms. The molecule has 0 aromatic heterocycles. The maximum Gasteiger partial charge on any atom is 0.337 e. The van der Waals surface area contributed by atoms with E-state index in [0.717, 1.165) is 0 Å². The van der Waals surface area contributed by atoms with Crippen molar-refractivity contribution in [3.8, 4) is 0 Å². The number of nitrogens with one attached hydrogen (secondary N) is 1. The van der Waals surface area contributed by atoms with Gasteiger partial charge in [-0.25, -0.2) is 18.4 Å². The summed E-state index contributed by atoms with van der Waals surface area (Å²) in [6.07, 6.45) is 0. The van der Waals surface area contributed by atoms with E-state index in [1.807, 2.05) is 0 Å². The third kappa shape index (κ3) is 4.18. The standard InChI is InChI=1S/C16H16N2O5S/c1-10-7-12(9-14(8-10)24(17,21)22)15(19)18-13-5-3-11(4-6-13)16(20)23-2/h3-9H,1-2H3,(H,18,19)(H2,17,21,22). The lowest BCUT2D eigenvalue weighted by Gasteiger charge is -2.08. The van der Waals surface area contributed by atoms with Crippen LogP contribution >= 0.6 is 0 Å². The molecule has 3 N–H and O–H groups in total. The SMILES string of the molecule is COC(=O)c1ccc(NC(=O)c2cc(C)cc(S(N)(=O)=O)c2)cc1. The Balaban J connectivity index is 2.24. The summed E-state index contributed by atoms with van der Waals surface area (Å²) in [5.41, 5.74) is 1.55. The van der Waals surface area contributed by atoms with Gasteiger partial charge in [-0.15, -0.1) is 0 Å². The zero-order valence-corrected chi connectivity index (χ0v) is 13.9. The van der Waals surface area contributed by atoms with Gasteiger partial charge in [0.25, 0.3) is 5.91 Å². The number of amides is 1. The largest absolute Gasteiger partial charge is 0.465 e. The van der Waals surface area contributed by atoms with Crippen LogP contribution in [-0.2, 0) is 14.8 Å². The molecule has 2 aromatic carbocycles. The minimum atomic E-state index is -3.90. The van der Waals surface area contributed by atoms with Crippen molar-refractivity contribution in [3.05, 3.63) is 59.2 Å². The molecule has 0 aliphatic rings. The van der Waals surface area contributed by atoms with Crippen LogP contribution in [0, 0.1) is 6.92 Å². The number of hydrogen-bond donors (Lipinski definition) is 2. The third-order valence-corrected chi connectivity index (χ3v) is 4.10. The monoisotopic (exact) mass is 348 g/mol. The quantitative estimate of drug-likeness (QED) is 0.816. The highest BCUT2D eigenvalue weighted by Crippen LogP contribution is 2.16. The first-order valence-corrected chi connectivity index (χ1v) is 8.39. The van der Waals surface area contributed by atoms with Gasteiger partial charge in [0.1, 0.15) is 0 Å². The summed E-state index contributed by atoms with van der Waals surface area (Å²) in [5.74, 6) is -0.973. The van der Waals surface area contributed by atoms with Crippen LogP contribution < -0.4 is 10.5 Å². The van der Waals surface area contributed by atoms with Crippen LogP contribution in [0.25, 0.3) is 0 Å². The lowest BCUT2D eigenvalue weighted by molar-refractivity contribution is 0.0600. The summed E-state index contributed by atoms with van der Waals surface area (Å²) in [4.78, 5) is 23.5. The van der Waals surface area contributed by atoms with E-state index in [9.17, 15) is 18.0 Å². The van der Waals surface area contributed by atoms with E-state index in [1.54, 1.807) is 25.1 Å². The molecule has 0 saturated heterocycles. The molecule has 0 aliphatic heterocycles. The van der Waals surface area contributed by atoms with Crippen LogP contribution in [0.4, 0.5) is 5.69 Å². The normalized spacial score (nSPS) is 11.0. The molecule has 7 nitrogen and oxygen atoms in total. The number of rotatable bonds is 4. The van der Waals surface area contributed by atoms with Gasteiger partial charge in [0, 0.05) is 11.3 Å². The number of aryl methyl sites for hydroxylation is 1. The third-order valence-electron chi connectivity index (χ3n) is 3.21. The average Bonchev–Trinajstić information content (AvgIpc) is 2.53. The number of primary sulfonamides is 1. The number of anilines is 1. The van der Waals surface area contributed by atoms with Crippen molar-refractivity contribution in [1.29, 1.82) is 0 Å². The molecule has 0 radical (unpaired) electrons. The van der Waals surface area contributed by atoms with Crippen molar-refractivity contribution in [3.63, 3.8) is 0 Å². The second-order valence-corrected chi connectivity index (χ2v) is 6.66. The van der Waals surface area contributed by atoms with Crippen molar-refractivity contribution in [2.75, 3.05) is 12.4 Å². The molecule has 2 rings (SSSR count). The van der Waals surface area contributed by atoms with Gasteiger partial charge in [-0.05, 0) is 55.0 Å². The Labute approximate surface area is 139 Å². The second-order valence-electron chi connectivity index (χ2n) is 5.10. The van der Waals surface area contributed by atoms with Crippen molar-refractivity contribution in [2.24, 2.45) is 5.14 Å². The van der Waals surface area contributed by atoms with E-state index in [4.69, 9.17) is 5.14 Å². The van der Waals surface area contributed by atoms with Crippen LogP contribution in [0.15, 0.2) is 47.4 Å². The zero-order chi connectivity index (χ0) is 17.9. The van der Waals surface area contributed by atoms with Gasteiger partial charge in [0.15, 0.2) is 0 Å². The summed E-state index contributed by atoms with van der Waals surface area (Å²) in [6, 6.07) is 10.2. The molecule has 0 aliphatic carbocycles. The minimum absolute atomic E-state index is 0.131. The van der Waals surface area contributed by atoms with Crippen LogP contribution in [0.2, 0.25) is 0 Å². The minimum Gasteiger partial charge on any atom is -0.465 e. The highest BCUT2D eigenvalue weighted by atomic mass is 32.2. The molecule has 0 bridgehead atoms. The first-order chi connectivity index (χ1) is 11.2. The van der Waals surface area contributed by atoms with Crippen molar-refractivity contribution >= 4 is 27.6 Å². The van der Waals surface area contributed by atoms with Gasteiger partial charge in [0.05, 0.1) is 17.6 Å². The van der Waals surface area contributed by atoms with Gasteiger partial charge >= 0.3 is 5.97 Å². The molecular weight excluding hydrogens is 332 g/mol. The molecule has 0 unspecified atom stereocenters. The smallest absolute Gasteiger partial charge is 0.337 e. The summed E-state index contributed by atoms with van der Waals surface area (Å²) in [7, 11) is -2.63. The Kier molecular flexibility index (Phi) is 5.01. The number of ether oxygens (including phenoxy) is 1. The highest BCUT2D eigenvalue weighted by molar-refractivity contribution is 7.89. The Bertz CT molecular complexity index is 889. The number of carbonyl (C=O) groups is 2. The highest BCUT2D eigenvalue weighted by Gasteiger charge is 2.14. The molecule has 0 fully saturated rings. The first kappa shape index (κ1) is 17.6. The molecular formula is C16H16N2O5S.